The van der Waals surface area contributed by atoms with Gasteiger partial charge in [-0.1, -0.05) is 36.4 Å². The van der Waals surface area contributed by atoms with E-state index in [4.69, 9.17) is 10.5 Å². The first-order valence-corrected chi connectivity index (χ1v) is 9.99. The van der Waals surface area contributed by atoms with Gasteiger partial charge in [-0.25, -0.2) is 0 Å². The monoisotopic (exact) mass is 423 g/mol. The summed E-state index contributed by atoms with van der Waals surface area (Å²) in [6.45, 7) is 0. The summed E-state index contributed by atoms with van der Waals surface area (Å²) in [4.78, 5) is 25.4. The fourth-order valence-electron chi connectivity index (χ4n) is 3.09. The molecule has 0 heterocycles. The number of nitrogen functional groups attached to an aromatic ring is 1. The number of amides is 2. The molecule has 6 heteroatoms. The minimum Gasteiger partial charge on any atom is -0.457 e. The number of hydrogen-bond donors (Lipinski definition) is 3. The Bertz CT molecular complexity index is 1240. The highest BCUT2D eigenvalue weighted by Gasteiger charge is 2.14. The van der Waals surface area contributed by atoms with E-state index < -0.39 is 0 Å². The van der Waals surface area contributed by atoms with E-state index in [9.17, 15) is 9.59 Å². The maximum atomic E-state index is 12.9. The van der Waals surface area contributed by atoms with Crippen LogP contribution in [0.5, 0.6) is 11.5 Å². The lowest BCUT2D eigenvalue weighted by Gasteiger charge is -2.12. The van der Waals surface area contributed by atoms with E-state index in [1.165, 1.54) is 0 Å². The van der Waals surface area contributed by atoms with Gasteiger partial charge in [0.05, 0.1) is 11.3 Å². The molecule has 4 rings (SSSR count). The van der Waals surface area contributed by atoms with Crippen molar-refractivity contribution in [2.75, 3.05) is 16.4 Å². The fraction of sp³-hybridized carbons (Fsp3) is 0. The molecule has 0 aromatic heterocycles. The molecule has 4 aromatic rings. The van der Waals surface area contributed by atoms with Gasteiger partial charge in [0.15, 0.2) is 0 Å². The second kappa shape index (κ2) is 9.49. The Kier molecular flexibility index (Phi) is 6.13. The van der Waals surface area contributed by atoms with Crippen LogP contribution in [0, 0.1) is 0 Å². The second-order valence-electron chi connectivity index (χ2n) is 7.02. The number of benzene rings is 4. The van der Waals surface area contributed by atoms with E-state index in [1.807, 2.05) is 30.3 Å². The zero-order valence-corrected chi connectivity index (χ0v) is 17.1. The number of hydrogen-bond acceptors (Lipinski definition) is 4. The Labute approximate surface area is 185 Å². The maximum absolute atomic E-state index is 12.9. The molecule has 0 radical (unpaired) electrons. The van der Waals surface area contributed by atoms with Crippen LogP contribution in [-0.4, -0.2) is 11.8 Å². The summed E-state index contributed by atoms with van der Waals surface area (Å²) in [5, 5.41) is 5.63. The SMILES string of the molecule is Nc1cccc(C(=O)Nc2ccccc2C(=O)Nc2ccc(Oc3ccccc3)cc2)c1. The van der Waals surface area contributed by atoms with Crippen molar-refractivity contribution in [3.05, 3.63) is 114 Å². The quantitative estimate of drug-likeness (QED) is 0.354. The van der Waals surface area contributed by atoms with Crippen LogP contribution in [0.3, 0.4) is 0 Å². The summed E-state index contributed by atoms with van der Waals surface area (Å²) in [6, 6.07) is 30.0. The molecular formula is C26H21N3O3. The van der Waals surface area contributed by atoms with Crippen LogP contribution in [-0.2, 0) is 0 Å². The van der Waals surface area contributed by atoms with Crippen molar-refractivity contribution >= 4 is 28.9 Å². The average Bonchev–Trinajstić information content (AvgIpc) is 2.81. The van der Waals surface area contributed by atoms with E-state index in [0.29, 0.717) is 33.9 Å². The first-order valence-electron chi connectivity index (χ1n) is 9.99. The molecule has 32 heavy (non-hydrogen) atoms. The molecule has 0 spiro atoms. The van der Waals surface area contributed by atoms with Gasteiger partial charge >= 0.3 is 0 Å². The predicted octanol–water partition coefficient (Wildman–Crippen LogP) is 5.57. The molecule has 0 bridgehead atoms. The van der Waals surface area contributed by atoms with Gasteiger partial charge in [0.25, 0.3) is 11.8 Å². The lowest BCUT2D eigenvalue weighted by molar-refractivity contribution is 0.102. The standard InChI is InChI=1S/C26H21N3O3/c27-19-8-6-7-18(17-19)25(30)29-24-12-5-4-11-23(24)26(31)28-20-13-15-22(16-14-20)32-21-9-2-1-3-10-21/h1-17H,27H2,(H,28,31)(H,29,30). The molecule has 4 aromatic carbocycles. The number of nitrogens with two attached hydrogens (primary N) is 1. The van der Waals surface area contributed by atoms with Crippen LogP contribution in [0.15, 0.2) is 103 Å². The molecule has 0 aliphatic carbocycles. The van der Waals surface area contributed by atoms with E-state index in [2.05, 4.69) is 10.6 Å². The number of ether oxygens (including phenoxy) is 1. The third-order valence-corrected chi connectivity index (χ3v) is 4.66. The van der Waals surface area contributed by atoms with Gasteiger partial charge in [-0.05, 0) is 66.7 Å². The molecule has 0 unspecified atom stereocenters. The predicted molar refractivity (Wildman–Crippen MR) is 126 cm³/mol. The van der Waals surface area contributed by atoms with Gasteiger partial charge in [0.2, 0.25) is 0 Å². The lowest BCUT2D eigenvalue weighted by Crippen LogP contribution is -2.18. The summed E-state index contributed by atoms with van der Waals surface area (Å²) in [5.74, 6) is 0.697. The van der Waals surface area contributed by atoms with Crippen molar-refractivity contribution in [2.24, 2.45) is 0 Å². The Hall–Kier alpha value is -4.58. The van der Waals surface area contributed by atoms with Crippen molar-refractivity contribution in [1.29, 1.82) is 0 Å². The number of anilines is 3. The van der Waals surface area contributed by atoms with Crippen molar-refractivity contribution in [3.8, 4) is 11.5 Å². The van der Waals surface area contributed by atoms with Crippen molar-refractivity contribution < 1.29 is 14.3 Å². The van der Waals surface area contributed by atoms with Gasteiger partial charge in [0, 0.05) is 16.9 Å². The highest BCUT2D eigenvalue weighted by molar-refractivity contribution is 6.12. The number of carbonyl (C=O) groups excluding carboxylic acids is 2. The summed E-state index contributed by atoms with van der Waals surface area (Å²) in [6.07, 6.45) is 0. The maximum Gasteiger partial charge on any atom is 0.257 e. The molecule has 0 saturated heterocycles. The fourth-order valence-corrected chi connectivity index (χ4v) is 3.09. The van der Waals surface area contributed by atoms with Crippen molar-refractivity contribution in [3.63, 3.8) is 0 Å². The van der Waals surface area contributed by atoms with E-state index in [1.54, 1.807) is 72.8 Å². The van der Waals surface area contributed by atoms with Crippen LogP contribution in [0.2, 0.25) is 0 Å². The Balaban J connectivity index is 1.45. The Morgan fingerprint density at radius 1 is 0.656 bits per heavy atom. The Morgan fingerprint density at radius 3 is 2.09 bits per heavy atom. The second-order valence-corrected chi connectivity index (χ2v) is 7.02. The van der Waals surface area contributed by atoms with Gasteiger partial charge < -0.3 is 21.1 Å². The largest absolute Gasteiger partial charge is 0.457 e. The average molecular weight is 423 g/mol. The van der Waals surface area contributed by atoms with Gasteiger partial charge in [0.1, 0.15) is 11.5 Å². The zero-order chi connectivity index (χ0) is 22.3. The minimum atomic E-state index is -0.347. The summed E-state index contributed by atoms with van der Waals surface area (Å²) in [7, 11) is 0. The summed E-state index contributed by atoms with van der Waals surface area (Å²) in [5.41, 5.74) is 8.01. The van der Waals surface area contributed by atoms with Gasteiger partial charge in [-0.3, -0.25) is 9.59 Å². The Morgan fingerprint density at radius 2 is 1.34 bits per heavy atom. The molecule has 0 atom stereocenters. The number of nitrogens with one attached hydrogen (secondary N) is 2. The van der Waals surface area contributed by atoms with Crippen LogP contribution in [0.25, 0.3) is 0 Å². The topological polar surface area (TPSA) is 93.5 Å². The lowest BCUT2D eigenvalue weighted by atomic mass is 10.1. The number of para-hydroxylation sites is 2. The molecular weight excluding hydrogens is 402 g/mol. The van der Waals surface area contributed by atoms with Crippen molar-refractivity contribution in [1.82, 2.24) is 0 Å². The third kappa shape index (κ3) is 5.12. The molecule has 0 saturated carbocycles. The van der Waals surface area contributed by atoms with Gasteiger partial charge in [-0.2, -0.15) is 0 Å². The third-order valence-electron chi connectivity index (χ3n) is 4.66. The summed E-state index contributed by atoms with van der Waals surface area (Å²) < 4.78 is 5.77. The van der Waals surface area contributed by atoms with Crippen LogP contribution in [0.4, 0.5) is 17.1 Å². The molecule has 0 aliphatic rings. The molecule has 2 amide bonds. The van der Waals surface area contributed by atoms with E-state index >= 15 is 0 Å². The highest BCUT2D eigenvalue weighted by atomic mass is 16.5. The number of carbonyl (C=O) groups is 2. The zero-order valence-electron chi connectivity index (χ0n) is 17.1. The first-order chi connectivity index (χ1) is 15.6. The van der Waals surface area contributed by atoms with Crippen LogP contribution < -0.4 is 21.1 Å². The van der Waals surface area contributed by atoms with Crippen molar-refractivity contribution in [2.45, 2.75) is 0 Å². The molecule has 4 N–H and O–H groups in total. The normalized spacial score (nSPS) is 10.2. The van der Waals surface area contributed by atoms with Crippen LogP contribution >= 0.6 is 0 Å². The number of rotatable bonds is 6. The van der Waals surface area contributed by atoms with E-state index in [0.717, 1.165) is 5.75 Å². The molecule has 0 fully saturated rings. The smallest absolute Gasteiger partial charge is 0.257 e. The van der Waals surface area contributed by atoms with Crippen LogP contribution in [0.1, 0.15) is 20.7 Å². The minimum absolute atomic E-state index is 0.342. The molecule has 0 aliphatic heterocycles. The van der Waals surface area contributed by atoms with Gasteiger partial charge in [-0.15, -0.1) is 0 Å². The van der Waals surface area contributed by atoms with E-state index in [-0.39, 0.29) is 11.8 Å². The summed E-state index contributed by atoms with van der Waals surface area (Å²) >= 11 is 0. The highest BCUT2D eigenvalue weighted by Crippen LogP contribution is 2.24. The molecule has 158 valence electrons. The first kappa shape index (κ1) is 20.7. The molecule has 6 nitrogen and oxygen atoms in total.